The number of amides is 2. The molecular formula is C27H29BrN8O3. The van der Waals surface area contributed by atoms with E-state index < -0.39 is 0 Å². The fraction of sp³-hybridized carbons (Fsp3) is 0.333. The van der Waals surface area contributed by atoms with Gasteiger partial charge >= 0.3 is 0 Å². The minimum absolute atomic E-state index is 0.123. The molecule has 39 heavy (non-hydrogen) atoms. The summed E-state index contributed by atoms with van der Waals surface area (Å²) >= 11 is 3.49. The maximum Gasteiger partial charge on any atom is 0.269 e. The zero-order valence-electron chi connectivity index (χ0n) is 22.6. The van der Waals surface area contributed by atoms with Crippen LogP contribution in [0, 0.1) is 20.8 Å². The molecule has 4 aromatic rings. The van der Waals surface area contributed by atoms with E-state index in [2.05, 4.69) is 31.4 Å². The predicted octanol–water partition coefficient (Wildman–Crippen LogP) is 2.79. The second-order valence-corrected chi connectivity index (χ2v) is 10.7. The van der Waals surface area contributed by atoms with Crippen LogP contribution in [-0.4, -0.2) is 58.9 Å². The van der Waals surface area contributed by atoms with Gasteiger partial charge in [0.15, 0.2) is 5.82 Å². The number of carbonyl (C=O) groups excluding carboxylic acids is 2. The number of carbonyl (C=O) groups is 2. The van der Waals surface area contributed by atoms with E-state index in [1.54, 1.807) is 28.8 Å². The van der Waals surface area contributed by atoms with E-state index >= 15 is 0 Å². The molecule has 1 aliphatic rings. The monoisotopic (exact) mass is 592 g/mol. The van der Waals surface area contributed by atoms with E-state index in [4.69, 9.17) is 4.98 Å². The van der Waals surface area contributed by atoms with Crippen molar-refractivity contribution in [3.05, 3.63) is 84.6 Å². The molecule has 0 bridgehead atoms. The number of benzene rings is 1. The first-order chi connectivity index (χ1) is 18.5. The Morgan fingerprint density at radius 1 is 1.10 bits per heavy atom. The fourth-order valence-corrected chi connectivity index (χ4v) is 5.19. The smallest absolute Gasteiger partial charge is 0.269 e. The first-order valence-corrected chi connectivity index (χ1v) is 13.3. The Morgan fingerprint density at radius 3 is 2.49 bits per heavy atom. The average Bonchev–Trinajstić information content (AvgIpc) is 3.45. The van der Waals surface area contributed by atoms with Gasteiger partial charge in [-0.3, -0.25) is 19.1 Å². The number of rotatable bonds is 4. The van der Waals surface area contributed by atoms with Gasteiger partial charge in [0, 0.05) is 47.5 Å². The van der Waals surface area contributed by atoms with Gasteiger partial charge in [0.05, 0.1) is 17.9 Å². The van der Waals surface area contributed by atoms with Crippen LogP contribution in [-0.2, 0) is 20.0 Å². The summed E-state index contributed by atoms with van der Waals surface area (Å²) in [4.78, 5) is 46.6. The van der Waals surface area contributed by atoms with Crippen LogP contribution in [0.25, 0.3) is 11.8 Å². The van der Waals surface area contributed by atoms with E-state index in [1.807, 2.05) is 45.9 Å². The second kappa shape index (κ2) is 9.92. The zero-order chi connectivity index (χ0) is 28.2. The van der Waals surface area contributed by atoms with Crippen LogP contribution in [0.4, 0.5) is 0 Å². The molecule has 202 valence electrons. The molecule has 1 aliphatic heterocycles. The van der Waals surface area contributed by atoms with Crippen molar-refractivity contribution in [3.63, 3.8) is 0 Å². The Labute approximate surface area is 233 Å². The van der Waals surface area contributed by atoms with E-state index in [0.717, 1.165) is 21.4 Å². The Kier molecular flexibility index (Phi) is 6.75. The SMILES string of the molecule is CNC(=O)c1cc(-n2c(-n3nc(C)cc3C)nc3c(c2=O)C[C@@H](C)N(C(=O)c2ccc(Br)c(C)c2)C3)nn1C. The summed E-state index contributed by atoms with van der Waals surface area (Å²) in [7, 11) is 3.18. The van der Waals surface area contributed by atoms with Crippen molar-refractivity contribution >= 4 is 27.7 Å². The maximum atomic E-state index is 14.1. The Balaban J connectivity index is 1.67. The standard InChI is InChI=1S/C27H29BrN8O3/c1-14-9-18(7-8-20(14)28)25(38)34-13-21-19(11-16(34)3)26(39)35(23-12-22(24(37)29-5)33(6)32-23)27(30-21)36-17(4)10-15(2)31-36/h7-10,12,16H,11,13H2,1-6H3,(H,29,37)/t16-/m1/s1. The number of aromatic nitrogens is 6. The van der Waals surface area contributed by atoms with Crippen molar-refractivity contribution in [1.29, 1.82) is 0 Å². The normalized spacial score (nSPS) is 14.8. The highest BCUT2D eigenvalue weighted by atomic mass is 79.9. The Hall–Kier alpha value is -4.06. The van der Waals surface area contributed by atoms with Crippen molar-refractivity contribution in [3.8, 4) is 11.8 Å². The average molecular weight is 593 g/mol. The van der Waals surface area contributed by atoms with Crippen molar-refractivity contribution < 1.29 is 9.59 Å². The molecule has 1 aromatic carbocycles. The summed E-state index contributed by atoms with van der Waals surface area (Å²) in [6.07, 6.45) is 0.328. The van der Waals surface area contributed by atoms with Gasteiger partial charge in [-0.05, 0) is 63.9 Å². The first-order valence-electron chi connectivity index (χ1n) is 12.5. The lowest BCUT2D eigenvalue weighted by Crippen LogP contribution is -2.46. The summed E-state index contributed by atoms with van der Waals surface area (Å²) < 4.78 is 5.34. The van der Waals surface area contributed by atoms with Crippen molar-refractivity contribution in [1.82, 2.24) is 39.3 Å². The molecular weight excluding hydrogens is 564 g/mol. The van der Waals surface area contributed by atoms with Gasteiger partial charge in [-0.2, -0.15) is 10.2 Å². The van der Waals surface area contributed by atoms with Crippen LogP contribution in [0.3, 0.4) is 0 Å². The first kappa shape index (κ1) is 26.5. The number of halogens is 1. The Morgan fingerprint density at radius 2 is 1.85 bits per heavy atom. The van der Waals surface area contributed by atoms with E-state index in [1.165, 1.54) is 16.3 Å². The maximum absolute atomic E-state index is 14.1. The molecule has 5 rings (SSSR count). The molecule has 12 heteroatoms. The van der Waals surface area contributed by atoms with Crippen LogP contribution in [0.2, 0.25) is 0 Å². The minimum Gasteiger partial charge on any atom is -0.354 e. The third-order valence-corrected chi connectivity index (χ3v) is 7.91. The molecule has 4 heterocycles. The summed E-state index contributed by atoms with van der Waals surface area (Å²) in [6, 6.07) is 8.72. The van der Waals surface area contributed by atoms with Crippen LogP contribution in [0.5, 0.6) is 0 Å². The molecule has 1 N–H and O–H groups in total. The summed E-state index contributed by atoms with van der Waals surface area (Å²) in [5.41, 5.74) is 4.09. The molecule has 1 atom stereocenters. The molecule has 11 nitrogen and oxygen atoms in total. The summed E-state index contributed by atoms with van der Waals surface area (Å²) in [6.45, 7) is 7.77. The second-order valence-electron chi connectivity index (χ2n) is 9.86. The molecule has 0 radical (unpaired) electrons. The van der Waals surface area contributed by atoms with Gasteiger partial charge in [0.1, 0.15) is 5.69 Å². The Bertz CT molecular complexity index is 1700. The number of hydrogen-bond acceptors (Lipinski definition) is 6. The predicted molar refractivity (Wildman–Crippen MR) is 149 cm³/mol. The van der Waals surface area contributed by atoms with Crippen LogP contribution in [0.15, 0.2) is 39.6 Å². The third kappa shape index (κ3) is 4.58. The van der Waals surface area contributed by atoms with Gasteiger partial charge < -0.3 is 10.2 Å². The molecule has 3 aromatic heterocycles. The minimum atomic E-state index is -0.325. The van der Waals surface area contributed by atoms with Crippen molar-refractivity contribution in [2.45, 2.75) is 46.7 Å². The quantitative estimate of drug-likeness (QED) is 0.389. The largest absolute Gasteiger partial charge is 0.354 e. The van der Waals surface area contributed by atoms with Crippen LogP contribution in [0.1, 0.15) is 56.0 Å². The summed E-state index contributed by atoms with van der Waals surface area (Å²) in [5, 5.41) is 11.6. The van der Waals surface area contributed by atoms with Gasteiger partial charge in [-0.25, -0.2) is 14.2 Å². The number of fused-ring (bicyclic) bond motifs is 1. The number of aryl methyl sites for hydroxylation is 4. The highest BCUT2D eigenvalue weighted by molar-refractivity contribution is 9.10. The highest BCUT2D eigenvalue weighted by Crippen LogP contribution is 2.26. The van der Waals surface area contributed by atoms with E-state index in [9.17, 15) is 14.4 Å². The molecule has 0 fully saturated rings. The zero-order valence-corrected chi connectivity index (χ0v) is 24.2. The lowest BCUT2D eigenvalue weighted by atomic mass is 9.98. The topological polar surface area (TPSA) is 120 Å². The number of nitrogens with one attached hydrogen (secondary N) is 1. The van der Waals surface area contributed by atoms with E-state index in [-0.39, 0.29) is 41.7 Å². The van der Waals surface area contributed by atoms with Crippen LogP contribution < -0.4 is 10.9 Å². The van der Waals surface area contributed by atoms with Crippen molar-refractivity contribution in [2.24, 2.45) is 7.05 Å². The van der Waals surface area contributed by atoms with Gasteiger partial charge in [0.2, 0.25) is 5.95 Å². The lowest BCUT2D eigenvalue weighted by molar-refractivity contribution is 0.0652. The van der Waals surface area contributed by atoms with Gasteiger partial charge in [-0.1, -0.05) is 15.9 Å². The molecule has 0 aliphatic carbocycles. The number of hydrogen-bond donors (Lipinski definition) is 1. The van der Waals surface area contributed by atoms with Gasteiger partial charge in [-0.15, -0.1) is 0 Å². The molecule has 0 saturated carbocycles. The summed E-state index contributed by atoms with van der Waals surface area (Å²) in [5.74, 6) is 0.0546. The van der Waals surface area contributed by atoms with Crippen LogP contribution >= 0.6 is 15.9 Å². The van der Waals surface area contributed by atoms with Crippen molar-refractivity contribution in [2.75, 3.05) is 7.05 Å². The van der Waals surface area contributed by atoms with E-state index in [0.29, 0.717) is 28.9 Å². The highest BCUT2D eigenvalue weighted by Gasteiger charge is 2.33. The molecule has 0 unspecified atom stereocenters. The third-order valence-electron chi connectivity index (χ3n) is 7.02. The number of nitrogens with zero attached hydrogens (tertiary/aromatic N) is 7. The molecule has 0 saturated heterocycles. The van der Waals surface area contributed by atoms with Gasteiger partial charge in [0.25, 0.3) is 17.4 Å². The molecule has 0 spiro atoms. The lowest BCUT2D eigenvalue weighted by Gasteiger charge is -2.34. The fourth-order valence-electron chi connectivity index (χ4n) is 4.94. The molecule has 2 amide bonds.